The molecule has 1 heterocycles. The molecule has 0 aliphatic rings. The highest BCUT2D eigenvalue weighted by molar-refractivity contribution is 6.30. The lowest BCUT2D eigenvalue weighted by atomic mass is 9.98. The molecule has 0 radical (unpaired) electrons. The van der Waals surface area contributed by atoms with Crippen LogP contribution in [0.4, 0.5) is 5.82 Å². The van der Waals surface area contributed by atoms with Gasteiger partial charge >= 0.3 is 0 Å². The number of benzene rings is 1. The van der Waals surface area contributed by atoms with E-state index < -0.39 is 6.10 Å². The van der Waals surface area contributed by atoms with Gasteiger partial charge in [-0.2, -0.15) is 0 Å². The number of pyridine rings is 1. The van der Waals surface area contributed by atoms with Crippen LogP contribution in [0.5, 0.6) is 0 Å². The Bertz CT molecular complexity index is 557. The van der Waals surface area contributed by atoms with Crippen molar-refractivity contribution in [2.45, 2.75) is 19.4 Å². The van der Waals surface area contributed by atoms with Crippen LogP contribution < -0.4 is 5.73 Å². The molecule has 0 bridgehead atoms. The number of hydrogen-bond donors (Lipinski definition) is 2. The predicted molar refractivity (Wildman–Crippen MR) is 73.5 cm³/mol. The molecule has 1 aromatic carbocycles. The molecule has 3 N–H and O–H groups in total. The SMILES string of the molecule is Cc1cc(Cl)ccc1C(O)Cc1ccnc(N)c1. The largest absolute Gasteiger partial charge is 0.388 e. The van der Waals surface area contributed by atoms with E-state index in [4.69, 9.17) is 17.3 Å². The van der Waals surface area contributed by atoms with E-state index >= 15 is 0 Å². The molecule has 1 unspecified atom stereocenters. The molecule has 94 valence electrons. The highest BCUT2D eigenvalue weighted by atomic mass is 35.5. The highest BCUT2D eigenvalue weighted by Gasteiger charge is 2.11. The van der Waals surface area contributed by atoms with Gasteiger partial charge in [0.2, 0.25) is 0 Å². The van der Waals surface area contributed by atoms with Gasteiger partial charge in [-0.05, 0) is 47.9 Å². The summed E-state index contributed by atoms with van der Waals surface area (Å²) < 4.78 is 0. The lowest BCUT2D eigenvalue weighted by Crippen LogP contribution is -2.04. The summed E-state index contributed by atoms with van der Waals surface area (Å²) in [7, 11) is 0. The second kappa shape index (κ2) is 5.38. The molecule has 0 aliphatic heterocycles. The standard InChI is InChI=1S/C14H15ClN2O/c1-9-6-11(15)2-3-12(9)13(18)7-10-4-5-17-14(16)8-10/h2-6,8,13,18H,7H2,1H3,(H2,16,17). The number of halogens is 1. The Morgan fingerprint density at radius 3 is 2.78 bits per heavy atom. The van der Waals surface area contributed by atoms with Crippen LogP contribution in [0.1, 0.15) is 22.8 Å². The van der Waals surface area contributed by atoms with Crippen molar-refractivity contribution in [3.05, 3.63) is 58.2 Å². The molecule has 0 fully saturated rings. The van der Waals surface area contributed by atoms with Crippen molar-refractivity contribution in [1.82, 2.24) is 4.98 Å². The number of rotatable bonds is 3. The minimum absolute atomic E-state index is 0.465. The number of nitrogens with two attached hydrogens (primary N) is 1. The summed E-state index contributed by atoms with van der Waals surface area (Å²) in [5, 5.41) is 10.9. The van der Waals surface area contributed by atoms with Gasteiger partial charge in [-0.1, -0.05) is 17.7 Å². The molecule has 1 aromatic heterocycles. The normalized spacial score (nSPS) is 12.4. The third-order valence-corrected chi connectivity index (χ3v) is 3.10. The number of aromatic nitrogens is 1. The maximum Gasteiger partial charge on any atom is 0.123 e. The van der Waals surface area contributed by atoms with Crippen molar-refractivity contribution < 1.29 is 5.11 Å². The first-order chi connectivity index (χ1) is 8.56. The van der Waals surface area contributed by atoms with Crippen LogP contribution in [-0.4, -0.2) is 10.1 Å². The third-order valence-electron chi connectivity index (χ3n) is 2.87. The van der Waals surface area contributed by atoms with Crippen LogP contribution >= 0.6 is 11.6 Å². The monoisotopic (exact) mass is 262 g/mol. The average Bonchev–Trinajstić information content (AvgIpc) is 2.28. The molecule has 0 aliphatic carbocycles. The second-order valence-electron chi connectivity index (χ2n) is 4.31. The van der Waals surface area contributed by atoms with Gasteiger partial charge < -0.3 is 10.8 Å². The van der Waals surface area contributed by atoms with Crippen molar-refractivity contribution >= 4 is 17.4 Å². The van der Waals surface area contributed by atoms with E-state index in [2.05, 4.69) is 4.98 Å². The zero-order valence-corrected chi connectivity index (χ0v) is 10.9. The molecule has 0 saturated carbocycles. The zero-order valence-electron chi connectivity index (χ0n) is 10.1. The molecule has 18 heavy (non-hydrogen) atoms. The number of anilines is 1. The Morgan fingerprint density at radius 1 is 1.33 bits per heavy atom. The fourth-order valence-corrected chi connectivity index (χ4v) is 2.19. The van der Waals surface area contributed by atoms with Gasteiger partial charge in [0.25, 0.3) is 0 Å². The van der Waals surface area contributed by atoms with E-state index in [-0.39, 0.29) is 0 Å². The van der Waals surface area contributed by atoms with E-state index in [9.17, 15) is 5.11 Å². The lowest BCUT2D eigenvalue weighted by molar-refractivity contribution is 0.177. The Balaban J connectivity index is 2.19. The fraction of sp³-hybridized carbons (Fsp3) is 0.214. The molecule has 0 spiro atoms. The van der Waals surface area contributed by atoms with E-state index in [1.807, 2.05) is 25.1 Å². The number of aliphatic hydroxyl groups excluding tert-OH is 1. The molecule has 2 rings (SSSR count). The van der Waals surface area contributed by atoms with Gasteiger partial charge in [0.15, 0.2) is 0 Å². The van der Waals surface area contributed by atoms with Gasteiger partial charge in [-0.3, -0.25) is 0 Å². The van der Waals surface area contributed by atoms with Gasteiger partial charge in [0.05, 0.1) is 6.10 Å². The average molecular weight is 263 g/mol. The Hall–Kier alpha value is -1.58. The topological polar surface area (TPSA) is 59.1 Å². The molecule has 1 atom stereocenters. The summed E-state index contributed by atoms with van der Waals surface area (Å²) >= 11 is 5.90. The van der Waals surface area contributed by atoms with E-state index in [1.54, 1.807) is 18.3 Å². The molecule has 3 nitrogen and oxygen atoms in total. The minimum atomic E-state index is -0.566. The Kier molecular flexibility index (Phi) is 3.84. The van der Waals surface area contributed by atoms with Crippen molar-refractivity contribution in [2.75, 3.05) is 5.73 Å². The Labute approximate surface area is 111 Å². The number of hydrogen-bond acceptors (Lipinski definition) is 3. The summed E-state index contributed by atoms with van der Waals surface area (Å²) in [6.07, 6.45) is 1.59. The molecular formula is C14H15ClN2O. The quantitative estimate of drug-likeness (QED) is 0.894. The minimum Gasteiger partial charge on any atom is -0.388 e. The number of nitrogen functional groups attached to an aromatic ring is 1. The van der Waals surface area contributed by atoms with E-state index in [0.29, 0.717) is 17.3 Å². The summed E-state index contributed by atoms with van der Waals surface area (Å²) in [5.74, 6) is 0.465. The van der Waals surface area contributed by atoms with Crippen LogP contribution in [0.15, 0.2) is 36.5 Å². The molecular weight excluding hydrogens is 248 g/mol. The predicted octanol–water partition coefficient (Wildman–Crippen LogP) is 2.90. The summed E-state index contributed by atoms with van der Waals surface area (Å²) in [6, 6.07) is 9.11. The van der Waals surface area contributed by atoms with Crippen LogP contribution in [-0.2, 0) is 6.42 Å². The van der Waals surface area contributed by atoms with Crippen LogP contribution in [0, 0.1) is 6.92 Å². The molecule has 0 saturated heterocycles. The first-order valence-electron chi connectivity index (χ1n) is 5.71. The van der Waals surface area contributed by atoms with Gasteiger partial charge in [-0.25, -0.2) is 4.98 Å². The van der Waals surface area contributed by atoms with Crippen LogP contribution in [0.25, 0.3) is 0 Å². The fourth-order valence-electron chi connectivity index (χ4n) is 1.97. The van der Waals surface area contributed by atoms with E-state index in [1.165, 1.54) is 0 Å². The zero-order chi connectivity index (χ0) is 13.1. The second-order valence-corrected chi connectivity index (χ2v) is 4.75. The summed E-state index contributed by atoms with van der Waals surface area (Å²) in [5.41, 5.74) is 8.44. The first kappa shape index (κ1) is 12.9. The highest BCUT2D eigenvalue weighted by Crippen LogP contribution is 2.24. The summed E-state index contributed by atoms with van der Waals surface area (Å²) in [4.78, 5) is 3.93. The number of aryl methyl sites for hydroxylation is 1. The van der Waals surface area contributed by atoms with Gasteiger partial charge in [-0.15, -0.1) is 0 Å². The van der Waals surface area contributed by atoms with Crippen molar-refractivity contribution in [1.29, 1.82) is 0 Å². The number of nitrogens with zero attached hydrogens (tertiary/aromatic N) is 1. The maximum atomic E-state index is 10.2. The van der Waals surface area contributed by atoms with E-state index in [0.717, 1.165) is 16.7 Å². The smallest absolute Gasteiger partial charge is 0.123 e. The van der Waals surface area contributed by atoms with Crippen molar-refractivity contribution in [2.24, 2.45) is 0 Å². The maximum absolute atomic E-state index is 10.2. The molecule has 0 amide bonds. The molecule has 4 heteroatoms. The van der Waals surface area contributed by atoms with Gasteiger partial charge in [0.1, 0.15) is 5.82 Å². The lowest BCUT2D eigenvalue weighted by Gasteiger charge is -2.14. The Morgan fingerprint density at radius 2 is 2.11 bits per heavy atom. The van der Waals surface area contributed by atoms with Crippen LogP contribution in [0.3, 0.4) is 0 Å². The first-order valence-corrected chi connectivity index (χ1v) is 6.08. The summed E-state index contributed by atoms with van der Waals surface area (Å²) in [6.45, 7) is 1.94. The van der Waals surface area contributed by atoms with Crippen molar-refractivity contribution in [3.63, 3.8) is 0 Å². The van der Waals surface area contributed by atoms with Crippen LogP contribution in [0.2, 0.25) is 5.02 Å². The number of aliphatic hydroxyl groups is 1. The van der Waals surface area contributed by atoms with Gasteiger partial charge in [0, 0.05) is 17.6 Å². The third kappa shape index (κ3) is 3.00. The van der Waals surface area contributed by atoms with Crippen molar-refractivity contribution in [3.8, 4) is 0 Å². The molecule has 2 aromatic rings.